The van der Waals surface area contributed by atoms with Crippen LogP contribution in [-0.2, 0) is 11.2 Å². The molecule has 4 aromatic rings. The van der Waals surface area contributed by atoms with Crippen molar-refractivity contribution in [2.45, 2.75) is 6.42 Å². The zero-order valence-electron chi connectivity index (χ0n) is 20.0. The van der Waals surface area contributed by atoms with Crippen LogP contribution >= 0.6 is 15.9 Å². The number of hydrogen-bond donors (Lipinski definition) is 0. The lowest BCUT2D eigenvalue weighted by molar-refractivity contribution is 0.0445. The van der Waals surface area contributed by atoms with Gasteiger partial charge in [0.2, 0.25) is 0 Å². The van der Waals surface area contributed by atoms with Crippen LogP contribution in [0.4, 0.5) is 0 Å². The molecule has 0 unspecified atom stereocenters. The summed E-state index contributed by atoms with van der Waals surface area (Å²) in [4.78, 5) is 25.8. The number of halogens is 1. The number of carbonyl (C=O) groups excluding carboxylic acids is 2. The summed E-state index contributed by atoms with van der Waals surface area (Å²) >= 11 is 3.40. The second-order valence-electron chi connectivity index (χ2n) is 7.91. The van der Waals surface area contributed by atoms with Gasteiger partial charge in [0, 0.05) is 10.9 Å². The molecule has 0 aliphatic rings. The van der Waals surface area contributed by atoms with Crippen molar-refractivity contribution >= 4 is 27.9 Å². The molecule has 0 saturated heterocycles. The Hall–Kier alpha value is -4.10. The molecule has 0 aliphatic carbocycles. The Morgan fingerprint density at radius 3 is 2.11 bits per heavy atom. The fourth-order valence-corrected chi connectivity index (χ4v) is 3.84. The average Bonchev–Trinajstić information content (AvgIpc) is 2.93. The molecule has 4 aromatic carbocycles. The van der Waals surface area contributed by atoms with Gasteiger partial charge in [0.15, 0.2) is 0 Å². The second kappa shape index (κ2) is 13.3. The first-order valence-corrected chi connectivity index (χ1v) is 12.5. The third kappa shape index (κ3) is 7.69. The average molecular weight is 561 g/mol. The molecule has 0 N–H and O–H groups in total. The quantitative estimate of drug-likeness (QED) is 0.118. The molecule has 7 heteroatoms. The molecule has 0 fully saturated rings. The summed E-state index contributed by atoms with van der Waals surface area (Å²) in [6.45, 7) is 0.625. The van der Waals surface area contributed by atoms with Crippen molar-refractivity contribution in [2.75, 3.05) is 19.8 Å². The van der Waals surface area contributed by atoms with E-state index in [-0.39, 0.29) is 30.1 Å². The molecule has 4 rings (SSSR count). The van der Waals surface area contributed by atoms with E-state index in [9.17, 15) is 9.59 Å². The fourth-order valence-electron chi connectivity index (χ4n) is 3.48. The zero-order valence-corrected chi connectivity index (χ0v) is 21.6. The van der Waals surface area contributed by atoms with E-state index in [0.717, 1.165) is 5.56 Å². The summed E-state index contributed by atoms with van der Waals surface area (Å²) in [5.74, 6) is -0.0973. The lowest BCUT2D eigenvalue weighted by atomic mass is 10.1. The first-order valence-electron chi connectivity index (χ1n) is 11.7. The van der Waals surface area contributed by atoms with Gasteiger partial charge in [-0.2, -0.15) is 0 Å². The molecule has 0 amide bonds. The molecule has 0 saturated carbocycles. The molecular formula is C30H25BrO6. The van der Waals surface area contributed by atoms with E-state index in [1.165, 1.54) is 0 Å². The third-order valence-electron chi connectivity index (χ3n) is 5.29. The monoisotopic (exact) mass is 560 g/mol. The third-order valence-corrected chi connectivity index (χ3v) is 5.78. The number of carbonyl (C=O) groups is 2. The summed E-state index contributed by atoms with van der Waals surface area (Å²) in [5, 5.41) is 0. The highest BCUT2D eigenvalue weighted by Gasteiger charge is 2.20. The molecule has 0 bridgehead atoms. The molecule has 0 aromatic heterocycles. The van der Waals surface area contributed by atoms with Crippen molar-refractivity contribution in [1.29, 1.82) is 0 Å². The first-order chi connectivity index (χ1) is 18.1. The van der Waals surface area contributed by atoms with E-state index in [2.05, 4.69) is 15.9 Å². The summed E-state index contributed by atoms with van der Waals surface area (Å²) in [7, 11) is 0. The topological polar surface area (TPSA) is 71.1 Å². The molecule has 6 nitrogen and oxygen atoms in total. The van der Waals surface area contributed by atoms with Gasteiger partial charge in [-0.25, -0.2) is 9.59 Å². The van der Waals surface area contributed by atoms with E-state index in [1.54, 1.807) is 42.5 Å². The number of esters is 2. The van der Waals surface area contributed by atoms with Gasteiger partial charge in [-0.05, 0) is 48.0 Å². The number of hydrogen-bond acceptors (Lipinski definition) is 6. The molecule has 0 radical (unpaired) electrons. The predicted molar refractivity (Wildman–Crippen MR) is 143 cm³/mol. The van der Waals surface area contributed by atoms with Gasteiger partial charge in [-0.15, -0.1) is 0 Å². The van der Waals surface area contributed by atoms with Gasteiger partial charge < -0.3 is 18.9 Å². The molecule has 0 atom stereocenters. The van der Waals surface area contributed by atoms with Gasteiger partial charge in [0.05, 0.1) is 6.61 Å². The van der Waals surface area contributed by atoms with Crippen molar-refractivity contribution in [3.8, 4) is 17.2 Å². The van der Waals surface area contributed by atoms with Crippen molar-refractivity contribution in [1.82, 2.24) is 0 Å². The Kier molecular flexibility index (Phi) is 9.32. The Morgan fingerprint density at radius 2 is 1.32 bits per heavy atom. The van der Waals surface area contributed by atoms with E-state index in [4.69, 9.17) is 18.9 Å². The molecule has 0 aliphatic heterocycles. The van der Waals surface area contributed by atoms with Crippen LogP contribution in [0.1, 0.15) is 26.3 Å². The summed E-state index contributed by atoms with van der Waals surface area (Å²) in [5.41, 5.74) is 1.50. The van der Waals surface area contributed by atoms with E-state index in [0.29, 0.717) is 29.0 Å². The largest absolute Gasteiger partial charge is 0.492 e. The highest BCUT2D eigenvalue weighted by atomic mass is 79.9. The van der Waals surface area contributed by atoms with Crippen LogP contribution in [0.3, 0.4) is 0 Å². The van der Waals surface area contributed by atoms with Gasteiger partial charge in [0.25, 0.3) is 0 Å². The number of para-hydroxylation sites is 2. The maximum Gasteiger partial charge on any atom is 0.347 e. The highest BCUT2D eigenvalue weighted by Crippen LogP contribution is 2.27. The van der Waals surface area contributed by atoms with E-state index < -0.39 is 11.9 Å². The Morgan fingerprint density at radius 1 is 0.622 bits per heavy atom. The van der Waals surface area contributed by atoms with E-state index >= 15 is 0 Å². The van der Waals surface area contributed by atoms with Gasteiger partial charge >= 0.3 is 11.9 Å². The zero-order chi connectivity index (χ0) is 25.9. The van der Waals surface area contributed by atoms with Crippen molar-refractivity contribution in [3.05, 3.63) is 124 Å². The van der Waals surface area contributed by atoms with Crippen molar-refractivity contribution in [2.24, 2.45) is 0 Å². The van der Waals surface area contributed by atoms with Crippen molar-refractivity contribution < 1.29 is 28.5 Å². The summed E-state index contributed by atoms with van der Waals surface area (Å²) < 4.78 is 23.1. The van der Waals surface area contributed by atoms with Crippen LogP contribution in [0.5, 0.6) is 17.2 Å². The lowest BCUT2D eigenvalue weighted by Gasteiger charge is -2.13. The molecular weight excluding hydrogens is 536 g/mol. The van der Waals surface area contributed by atoms with Crippen LogP contribution in [0, 0.1) is 0 Å². The number of ether oxygens (including phenoxy) is 4. The normalized spacial score (nSPS) is 10.4. The Labute approximate surface area is 223 Å². The standard InChI is InChI=1S/C30H25BrO6/c31-23-15-16-27(35-18-17-22-9-3-1-4-10-22)26(21-23)30(33)37-28-14-8-7-13-25(28)29(32)36-20-19-34-24-11-5-2-6-12-24/h1-16,21H,17-20H2. The predicted octanol–water partition coefficient (Wildman–Crippen LogP) is 6.53. The van der Waals surface area contributed by atoms with Crippen LogP contribution in [0.25, 0.3) is 0 Å². The van der Waals surface area contributed by atoms with E-state index in [1.807, 2.05) is 60.7 Å². The maximum absolute atomic E-state index is 13.1. The van der Waals surface area contributed by atoms with Gasteiger partial charge in [-0.1, -0.05) is 76.6 Å². The summed E-state index contributed by atoms with van der Waals surface area (Å²) in [6, 6.07) is 30.7. The minimum absolute atomic E-state index is 0.0427. The molecule has 0 spiro atoms. The molecule has 188 valence electrons. The summed E-state index contributed by atoms with van der Waals surface area (Å²) in [6.07, 6.45) is 0.689. The Bertz CT molecular complexity index is 1320. The fraction of sp³-hybridized carbons (Fsp3) is 0.133. The smallest absolute Gasteiger partial charge is 0.347 e. The van der Waals surface area contributed by atoms with Crippen LogP contribution < -0.4 is 14.2 Å². The van der Waals surface area contributed by atoms with Crippen LogP contribution in [0.2, 0.25) is 0 Å². The molecule has 0 heterocycles. The number of benzene rings is 4. The SMILES string of the molecule is O=C(Oc1ccccc1C(=O)OCCOc1ccccc1)c1cc(Br)ccc1OCCc1ccccc1. The first kappa shape index (κ1) is 26.0. The minimum Gasteiger partial charge on any atom is -0.492 e. The van der Waals surface area contributed by atoms with Gasteiger partial charge in [-0.3, -0.25) is 0 Å². The Balaban J connectivity index is 1.38. The van der Waals surface area contributed by atoms with Crippen molar-refractivity contribution in [3.63, 3.8) is 0 Å². The van der Waals surface area contributed by atoms with Crippen LogP contribution in [-0.4, -0.2) is 31.8 Å². The maximum atomic E-state index is 13.1. The highest BCUT2D eigenvalue weighted by molar-refractivity contribution is 9.10. The minimum atomic E-state index is -0.649. The molecule has 37 heavy (non-hydrogen) atoms. The lowest BCUT2D eigenvalue weighted by Crippen LogP contribution is -2.16. The second-order valence-corrected chi connectivity index (χ2v) is 8.82. The van der Waals surface area contributed by atoms with Crippen LogP contribution in [0.15, 0.2) is 108 Å². The van der Waals surface area contributed by atoms with Gasteiger partial charge in [0.1, 0.15) is 41.6 Å². The number of rotatable bonds is 11.